The Morgan fingerprint density at radius 2 is 1.86 bits per heavy atom. The van der Waals surface area contributed by atoms with Gasteiger partial charge in [0.25, 0.3) is 5.91 Å². The lowest BCUT2D eigenvalue weighted by atomic mass is 10.2. The number of aromatic nitrogens is 1. The van der Waals surface area contributed by atoms with E-state index in [4.69, 9.17) is 0 Å². The van der Waals surface area contributed by atoms with Crippen molar-refractivity contribution in [2.75, 3.05) is 11.9 Å². The second kappa shape index (κ2) is 6.56. The Hall–Kier alpha value is -2.42. The third kappa shape index (κ3) is 4.29. The minimum atomic E-state index is -4.55. The lowest BCUT2D eigenvalue weighted by Gasteiger charge is -2.05. The van der Waals surface area contributed by atoms with Gasteiger partial charge in [-0.1, -0.05) is 18.2 Å². The van der Waals surface area contributed by atoms with Crippen LogP contribution in [0.25, 0.3) is 0 Å². The van der Waals surface area contributed by atoms with Gasteiger partial charge in [-0.3, -0.25) is 9.59 Å². The summed E-state index contributed by atoms with van der Waals surface area (Å²) >= 11 is 0.660. The molecular formula is C13H10F3N3O2S. The van der Waals surface area contributed by atoms with Gasteiger partial charge in [0.2, 0.25) is 5.91 Å². The highest BCUT2D eigenvalue weighted by Gasteiger charge is 2.33. The SMILES string of the molecule is O=C(CNC(=O)c1ccccc1)Nc1nc(C(F)(F)F)cs1. The maximum Gasteiger partial charge on any atom is 0.434 e. The molecular weight excluding hydrogens is 319 g/mol. The van der Waals surface area contributed by atoms with Crippen molar-refractivity contribution in [3.63, 3.8) is 0 Å². The van der Waals surface area contributed by atoms with E-state index in [1.807, 2.05) is 0 Å². The van der Waals surface area contributed by atoms with Crippen LogP contribution in [0.1, 0.15) is 16.1 Å². The smallest absolute Gasteiger partial charge is 0.343 e. The molecule has 1 aromatic heterocycles. The third-order valence-electron chi connectivity index (χ3n) is 2.49. The normalized spacial score (nSPS) is 11.0. The highest BCUT2D eigenvalue weighted by atomic mass is 32.1. The third-order valence-corrected chi connectivity index (χ3v) is 3.24. The number of nitrogens with one attached hydrogen (secondary N) is 2. The zero-order valence-electron chi connectivity index (χ0n) is 11.0. The molecule has 2 rings (SSSR count). The van der Waals surface area contributed by atoms with Gasteiger partial charge in [-0.2, -0.15) is 13.2 Å². The van der Waals surface area contributed by atoms with Crippen LogP contribution in [0.5, 0.6) is 0 Å². The minimum Gasteiger partial charge on any atom is -0.343 e. The summed E-state index contributed by atoms with van der Waals surface area (Å²) in [6.07, 6.45) is -4.55. The molecule has 22 heavy (non-hydrogen) atoms. The first-order valence-electron chi connectivity index (χ1n) is 6.02. The van der Waals surface area contributed by atoms with E-state index >= 15 is 0 Å². The van der Waals surface area contributed by atoms with Gasteiger partial charge in [-0.25, -0.2) is 4.98 Å². The highest BCUT2D eigenvalue weighted by molar-refractivity contribution is 7.13. The summed E-state index contributed by atoms with van der Waals surface area (Å²) < 4.78 is 37.1. The predicted molar refractivity (Wildman–Crippen MR) is 74.5 cm³/mol. The molecule has 116 valence electrons. The zero-order valence-corrected chi connectivity index (χ0v) is 11.8. The number of amides is 2. The van der Waals surface area contributed by atoms with E-state index < -0.39 is 23.7 Å². The van der Waals surface area contributed by atoms with Crippen LogP contribution in [0.2, 0.25) is 0 Å². The number of hydrogen-bond acceptors (Lipinski definition) is 4. The molecule has 0 saturated heterocycles. The fourth-order valence-corrected chi connectivity index (χ4v) is 2.21. The van der Waals surface area contributed by atoms with E-state index in [1.165, 1.54) is 0 Å². The Kier molecular flexibility index (Phi) is 4.76. The summed E-state index contributed by atoms with van der Waals surface area (Å²) in [6, 6.07) is 8.23. The maximum absolute atomic E-state index is 12.4. The molecule has 0 atom stereocenters. The first-order valence-corrected chi connectivity index (χ1v) is 6.90. The zero-order chi connectivity index (χ0) is 16.2. The Morgan fingerprint density at radius 1 is 1.18 bits per heavy atom. The Labute approximate surface area is 127 Å². The summed E-state index contributed by atoms with van der Waals surface area (Å²) in [5, 5.41) is 5.18. The van der Waals surface area contributed by atoms with Gasteiger partial charge >= 0.3 is 6.18 Å². The van der Waals surface area contributed by atoms with Gasteiger partial charge in [-0.15, -0.1) is 11.3 Å². The molecule has 1 heterocycles. The van der Waals surface area contributed by atoms with Crippen molar-refractivity contribution in [1.29, 1.82) is 0 Å². The average Bonchev–Trinajstić information content (AvgIpc) is 2.94. The van der Waals surface area contributed by atoms with E-state index in [0.29, 0.717) is 16.9 Å². The number of nitrogens with zero attached hydrogens (tertiary/aromatic N) is 1. The molecule has 0 unspecified atom stereocenters. The highest BCUT2D eigenvalue weighted by Crippen LogP contribution is 2.31. The number of carbonyl (C=O) groups is 2. The van der Waals surface area contributed by atoms with Crippen LogP contribution in [0, 0.1) is 0 Å². The van der Waals surface area contributed by atoms with Gasteiger partial charge in [0.1, 0.15) is 0 Å². The second-order valence-electron chi connectivity index (χ2n) is 4.13. The molecule has 0 bridgehead atoms. The van der Waals surface area contributed by atoms with Crippen LogP contribution >= 0.6 is 11.3 Å². The number of anilines is 1. The number of benzene rings is 1. The van der Waals surface area contributed by atoms with Crippen molar-refractivity contribution in [3.05, 3.63) is 47.0 Å². The number of carbonyl (C=O) groups excluding carboxylic acids is 2. The average molecular weight is 329 g/mol. The molecule has 0 aliphatic heterocycles. The van der Waals surface area contributed by atoms with Crippen molar-refractivity contribution < 1.29 is 22.8 Å². The largest absolute Gasteiger partial charge is 0.434 e. The number of hydrogen-bond donors (Lipinski definition) is 2. The van der Waals surface area contributed by atoms with Crippen LogP contribution in [0.15, 0.2) is 35.7 Å². The molecule has 2 amide bonds. The minimum absolute atomic E-state index is 0.175. The number of alkyl halides is 3. The van der Waals surface area contributed by atoms with Crippen LogP contribution in [-0.2, 0) is 11.0 Å². The number of rotatable bonds is 4. The molecule has 2 aromatic rings. The molecule has 2 N–H and O–H groups in total. The fraction of sp³-hybridized carbons (Fsp3) is 0.154. The summed E-state index contributed by atoms with van der Waals surface area (Å²) in [5.41, 5.74) is -0.690. The Balaban J connectivity index is 1.86. The Bertz CT molecular complexity index is 671. The van der Waals surface area contributed by atoms with Gasteiger partial charge in [0.05, 0.1) is 6.54 Å². The van der Waals surface area contributed by atoms with Crippen LogP contribution in [-0.4, -0.2) is 23.3 Å². The van der Waals surface area contributed by atoms with Crippen LogP contribution in [0.4, 0.5) is 18.3 Å². The van der Waals surface area contributed by atoms with E-state index in [-0.39, 0.29) is 11.7 Å². The first-order chi connectivity index (χ1) is 10.4. The van der Waals surface area contributed by atoms with E-state index in [2.05, 4.69) is 15.6 Å². The first kappa shape index (κ1) is 16.0. The molecule has 0 radical (unpaired) electrons. The van der Waals surface area contributed by atoms with Crippen LogP contribution < -0.4 is 10.6 Å². The van der Waals surface area contributed by atoms with E-state index in [9.17, 15) is 22.8 Å². The molecule has 9 heteroatoms. The van der Waals surface area contributed by atoms with Crippen molar-refractivity contribution >= 4 is 28.3 Å². The van der Waals surface area contributed by atoms with Crippen molar-refractivity contribution in [2.24, 2.45) is 0 Å². The standard InChI is InChI=1S/C13H10F3N3O2S/c14-13(15,16)9-7-22-12(18-9)19-10(20)6-17-11(21)8-4-2-1-3-5-8/h1-5,7H,6H2,(H,17,21)(H,18,19,20). The number of halogens is 3. The molecule has 0 aliphatic carbocycles. The van der Waals surface area contributed by atoms with Crippen molar-refractivity contribution in [1.82, 2.24) is 10.3 Å². The van der Waals surface area contributed by atoms with Crippen molar-refractivity contribution in [3.8, 4) is 0 Å². The summed E-state index contributed by atoms with van der Waals surface area (Å²) in [7, 11) is 0. The second-order valence-corrected chi connectivity index (χ2v) is 4.99. The van der Waals surface area contributed by atoms with Crippen molar-refractivity contribution in [2.45, 2.75) is 6.18 Å². The quantitative estimate of drug-likeness (QED) is 0.905. The monoisotopic (exact) mass is 329 g/mol. The lowest BCUT2D eigenvalue weighted by molar-refractivity contribution is -0.140. The molecule has 0 spiro atoms. The molecule has 1 aromatic carbocycles. The van der Waals surface area contributed by atoms with Crippen LogP contribution in [0.3, 0.4) is 0 Å². The Morgan fingerprint density at radius 3 is 2.45 bits per heavy atom. The van der Waals surface area contributed by atoms with Gasteiger partial charge < -0.3 is 10.6 Å². The molecule has 5 nitrogen and oxygen atoms in total. The van der Waals surface area contributed by atoms with Gasteiger partial charge in [0, 0.05) is 10.9 Å². The van der Waals surface area contributed by atoms with E-state index in [1.54, 1.807) is 30.3 Å². The number of thiazole rings is 1. The maximum atomic E-state index is 12.4. The topological polar surface area (TPSA) is 71.1 Å². The molecule has 0 aliphatic rings. The molecule has 0 fully saturated rings. The van der Waals surface area contributed by atoms with Gasteiger partial charge in [-0.05, 0) is 12.1 Å². The molecule has 0 saturated carbocycles. The van der Waals surface area contributed by atoms with E-state index in [0.717, 1.165) is 5.38 Å². The fourth-order valence-electron chi connectivity index (χ4n) is 1.48. The summed E-state index contributed by atoms with van der Waals surface area (Å²) in [5.74, 6) is -1.11. The summed E-state index contributed by atoms with van der Waals surface area (Å²) in [4.78, 5) is 26.5. The van der Waals surface area contributed by atoms with Gasteiger partial charge in [0.15, 0.2) is 10.8 Å². The summed E-state index contributed by atoms with van der Waals surface area (Å²) in [6.45, 7) is -0.366. The lowest BCUT2D eigenvalue weighted by Crippen LogP contribution is -2.32. The predicted octanol–water partition coefficient (Wildman–Crippen LogP) is 2.53.